The predicted octanol–water partition coefficient (Wildman–Crippen LogP) is 2.47. The molecule has 2 unspecified atom stereocenters. The molecule has 1 aliphatic heterocycles. The van der Waals surface area contributed by atoms with Gasteiger partial charge in [-0.05, 0) is 49.0 Å². The first kappa shape index (κ1) is 11.5. The average molecular weight is 218 g/mol. The molecule has 1 aromatic carbocycles. The number of rotatable bonds is 2. The molecule has 16 heavy (non-hydrogen) atoms. The highest BCUT2D eigenvalue weighted by atomic mass is 15.1. The summed E-state index contributed by atoms with van der Waals surface area (Å²) in [6.45, 7) is 4.65. The molecule has 88 valence electrons. The van der Waals surface area contributed by atoms with Crippen molar-refractivity contribution in [2.24, 2.45) is 5.92 Å². The molecule has 2 heteroatoms. The minimum atomic E-state index is 0.734. The normalized spacial score (nSPS) is 25.4. The molecule has 0 saturated carbocycles. The highest BCUT2D eigenvalue weighted by molar-refractivity contribution is 5.46. The average Bonchev–Trinajstić information content (AvgIpc) is 2.30. The van der Waals surface area contributed by atoms with E-state index in [0.29, 0.717) is 0 Å². The minimum Gasteiger partial charge on any atom is -0.378 e. The fourth-order valence-corrected chi connectivity index (χ4v) is 2.53. The first-order chi connectivity index (χ1) is 7.68. The third-order valence-corrected chi connectivity index (χ3v) is 3.62. The van der Waals surface area contributed by atoms with Crippen molar-refractivity contribution >= 4 is 5.69 Å². The maximum Gasteiger partial charge on any atom is 0.0361 e. The van der Waals surface area contributed by atoms with Crippen LogP contribution < -0.4 is 10.2 Å². The van der Waals surface area contributed by atoms with Crippen molar-refractivity contribution in [3.63, 3.8) is 0 Å². The van der Waals surface area contributed by atoms with Crippen LogP contribution in [0.4, 0.5) is 5.69 Å². The summed E-state index contributed by atoms with van der Waals surface area (Å²) in [5.41, 5.74) is 2.78. The van der Waals surface area contributed by atoms with Crippen LogP contribution >= 0.6 is 0 Å². The molecule has 0 aliphatic carbocycles. The Kier molecular flexibility index (Phi) is 3.49. The van der Waals surface area contributed by atoms with Crippen LogP contribution in [0.3, 0.4) is 0 Å². The molecule has 2 rings (SSSR count). The molecule has 1 N–H and O–H groups in total. The summed E-state index contributed by atoms with van der Waals surface area (Å²) in [6, 6.07) is 9.04. The van der Waals surface area contributed by atoms with Gasteiger partial charge in [0.2, 0.25) is 0 Å². The van der Waals surface area contributed by atoms with E-state index in [0.717, 1.165) is 24.9 Å². The van der Waals surface area contributed by atoms with E-state index in [4.69, 9.17) is 0 Å². The van der Waals surface area contributed by atoms with Gasteiger partial charge in [0.25, 0.3) is 0 Å². The van der Waals surface area contributed by atoms with Crippen LogP contribution in [0.2, 0.25) is 0 Å². The van der Waals surface area contributed by atoms with Crippen molar-refractivity contribution in [3.8, 4) is 0 Å². The van der Waals surface area contributed by atoms with Gasteiger partial charge in [-0.25, -0.2) is 0 Å². The van der Waals surface area contributed by atoms with Crippen LogP contribution in [0.25, 0.3) is 0 Å². The maximum absolute atomic E-state index is 3.46. The Morgan fingerprint density at radius 1 is 1.19 bits per heavy atom. The molecule has 0 amide bonds. The smallest absolute Gasteiger partial charge is 0.0361 e. The van der Waals surface area contributed by atoms with Crippen molar-refractivity contribution in [2.75, 3.05) is 32.1 Å². The van der Waals surface area contributed by atoms with E-state index in [1.165, 1.54) is 17.7 Å². The number of anilines is 1. The van der Waals surface area contributed by atoms with Gasteiger partial charge in [-0.15, -0.1) is 0 Å². The third kappa shape index (κ3) is 2.38. The van der Waals surface area contributed by atoms with Gasteiger partial charge in [-0.1, -0.05) is 19.1 Å². The fourth-order valence-electron chi connectivity index (χ4n) is 2.53. The van der Waals surface area contributed by atoms with E-state index in [9.17, 15) is 0 Å². The lowest BCUT2D eigenvalue weighted by Gasteiger charge is -2.30. The predicted molar refractivity (Wildman–Crippen MR) is 70.2 cm³/mol. The topological polar surface area (TPSA) is 15.3 Å². The molecule has 0 bridgehead atoms. The number of benzene rings is 1. The molecule has 0 spiro atoms. The Balaban J connectivity index is 2.14. The second kappa shape index (κ2) is 4.88. The van der Waals surface area contributed by atoms with Gasteiger partial charge in [-0.2, -0.15) is 0 Å². The Hall–Kier alpha value is -1.02. The van der Waals surface area contributed by atoms with Crippen LogP contribution in [-0.2, 0) is 0 Å². The summed E-state index contributed by atoms with van der Waals surface area (Å²) in [4.78, 5) is 2.15. The Labute approximate surface area is 98.7 Å². The number of piperidine rings is 1. The Bertz CT molecular complexity index is 329. The second-order valence-corrected chi connectivity index (χ2v) is 5.06. The summed E-state index contributed by atoms with van der Waals surface area (Å²) >= 11 is 0. The monoisotopic (exact) mass is 218 g/mol. The van der Waals surface area contributed by atoms with Gasteiger partial charge in [0.05, 0.1) is 0 Å². The number of nitrogens with zero attached hydrogens (tertiary/aromatic N) is 1. The maximum atomic E-state index is 3.46. The molecule has 2 nitrogen and oxygen atoms in total. The fraction of sp³-hybridized carbons (Fsp3) is 0.571. The minimum absolute atomic E-state index is 0.734. The summed E-state index contributed by atoms with van der Waals surface area (Å²) in [5.74, 6) is 1.48. The summed E-state index contributed by atoms with van der Waals surface area (Å²) in [6.07, 6.45) is 1.27. The van der Waals surface area contributed by atoms with E-state index in [2.05, 4.69) is 55.5 Å². The highest BCUT2D eigenvalue weighted by Crippen LogP contribution is 2.30. The quantitative estimate of drug-likeness (QED) is 0.820. The number of hydrogen-bond donors (Lipinski definition) is 1. The molecule has 1 heterocycles. The highest BCUT2D eigenvalue weighted by Gasteiger charge is 2.22. The lowest BCUT2D eigenvalue weighted by molar-refractivity contribution is 0.349. The molecule has 1 saturated heterocycles. The van der Waals surface area contributed by atoms with E-state index in [1.807, 2.05) is 0 Å². The first-order valence-electron chi connectivity index (χ1n) is 6.16. The molecule has 0 radical (unpaired) electrons. The molecule has 2 atom stereocenters. The summed E-state index contributed by atoms with van der Waals surface area (Å²) in [7, 11) is 4.17. The van der Waals surface area contributed by atoms with Crippen molar-refractivity contribution in [3.05, 3.63) is 29.8 Å². The van der Waals surface area contributed by atoms with Gasteiger partial charge >= 0.3 is 0 Å². The summed E-state index contributed by atoms with van der Waals surface area (Å²) in [5, 5.41) is 3.46. The molecular formula is C14H22N2. The molecule has 1 aliphatic rings. The van der Waals surface area contributed by atoms with Crippen molar-refractivity contribution < 1.29 is 0 Å². The first-order valence-corrected chi connectivity index (χ1v) is 6.16. The standard InChI is InChI=1S/C14H22N2/c1-11-10-15-9-8-14(11)12-4-6-13(7-5-12)16(2)3/h4-7,11,14-15H,8-10H2,1-3H3. The second-order valence-electron chi connectivity index (χ2n) is 5.06. The Morgan fingerprint density at radius 3 is 2.44 bits per heavy atom. The summed E-state index contributed by atoms with van der Waals surface area (Å²) < 4.78 is 0. The third-order valence-electron chi connectivity index (χ3n) is 3.62. The lowest BCUT2D eigenvalue weighted by Crippen LogP contribution is -2.33. The van der Waals surface area contributed by atoms with E-state index < -0.39 is 0 Å². The van der Waals surface area contributed by atoms with Crippen LogP contribution in [0.5, 0.6) is 0 Å². The number of nitrogens with one attached hydrogen (secondary N) is 1. The van der Waals surface area contributed by atoms with Gasteiger partial charge in [0.1, 0.15) is 0 Å². The molecular weight excluding hydrogens is 196 g/mol. The van der Waals surface area contributed by atoms with Crippen molar-refractivity contribution in [1.82, 2.24) is 5.32 Å². The van der Waals surface area contributed by atoms with Crippen molar-refractivity contribution in [2.45, 2.75) is 19.3 Å². The Morgan fingerprint density at radius 2 is 1.88 bits per heavy atom. The largest absolute Gasteiger partial charge is 0.378 e. The van der Waals surface area contributed by atoms with Crippen molar-refractivity contribution in [1.29, 1.82) is 0 Å². The van der Waals surface area contributed by atoms with Gasteiger partial charge in [-0.3, -0.25) is 0 Å². The molecule has 0 aromatic heterocycles. The van der Waals surface area contributed by atoms with Gasteiger partial charge < -0.3 is 10.2 Å². The SMILES string of the molecule is CC1CNCCC1c1ccc(N(C)C)cc1. The van der Waals surface area contributed by atoms with E-state index in [-0.39, 0.29) is 0 Å². The van der Waals surface area contributed by atoms with Crippen LogP contribution in [0.1, 0.15) is 24.8 Å². The molecule has 1 fully saturated rings. The van der Waals surface area contributed by atoms with E-state index >= 15 is 0 Å². The van der Waals surface area contributed by atoms with Crippen LogP contribution in [-0.4, -0.2) is 27.2 Å². The van der Waals surface area contributed by atoms with Crippen LogP contribution in [0, 0.1) is 5.92 Å². The van der Waals surface area contributed by atoms with Crippen LogP contribution in [0.15, 0.2) is 24.3 Å². The van der Waals surface area contributed by atoms with E-state index in [1.54, 1.807) is 0 Å². The molecule has 1 aromatic rings. The zero-order valence-corrected chi connectivity index (χ0v) is 10.5. The van der Waals surface area contributed by atoms with Gasteiger partial charge in [0, 0.05) is 19.8 Å². The lowest BCUT2D eigenvalue weighted by atomic mass is 9.82. The van der Waals surface area contributed by atoms with Gasteiger partial charge in [0.15, 0.2) is 0 Å². The number of hydrogen-bond acceptors (Lipinski definition) is 2. The zero-order valence-electron chi connectivity index (χ0n) is 10.5. The zero-order chi connectivity index (χ0) is 11.5.